The number of nitrogens with one attached hydrogen (secondary N) is 1. The van der Waals surface area contributed by atoms with Gasteiger partial charge in [0.2, 0.25) is 11.8 Å². The van der Waals surface area contributed by atoms with E-state index in [1.165, 1.54) is 29.2 Å². The van der Waals surface area contributed by atoms with E-state index in [9.17, 15) is 22.4 Å². The van der Waals surface area contributed by atoms with Gasteiger partial charge in [-0.1, -0.05) is 55.5 Å². The maximum Gasteiger partial charge on any atom is 0.264 e. The molecule has 0 fully saturated rings. The maximum absolute atomic E-state index is 13.8. The van der Waals surface area contributed by atoms with Gasteiger partial charge in [0.15, 0.2) is 0 Å². The first kappa shape index (κ1) is 26.9. The Hall–Kier alpha value is -3.72. The molecule has 190 valence electrons. The third-order valence-electron chi connectivity index (χ3n) is 5.66. The summed E-state index contributed by atoms with van der Waals surface area (Å²) in [5.41, 5.74) is 0.937. The molecule has 1 atom stereocenters. The van der Waals surface area contributed by atoms with Gasteiger partial charge in [0.1, 0.15) is 18.4 Å². The van der Waals surface area contributed by atoms with Crippen LogP contribution in [0.5, 0.6) is 0 Å². The Morgan fingerprint density at radius 3 is 2.03 bits per heavy atom. The van der Waals surface area contributed by atoms with Crippen LogP contribution in [-0.4, -0.2) is 44.3 Å². The summed E-state index contributed by atoms with van der Waals surface area (Å²) in [6.45, 7) is 3.54. The number of carbonyl (C=O) groups excluding carboxylic acids is 2. The second-order valence-electron chi connectivity index (χ2n) is 8.13. The second-order valence-corrected chi connectivity index (χ2v) is 9.99. The Bertz CT molecular complexity index is 1250. The lowest BCUT2D eigenvalue weighted by atomic mass is 10.1. The molecule has 0 unspecified atom stereocenters. The largest absolute Gasteiger partial charge is 0.355 e. The molecule has 0 heterocycles. The van der Waals surface area contributed by atoms with Crippen molar-refractivity contribution in [3.63, 3.8) is 0 Å². The molecule has 0 aliphatic heterocycles. The highest BCUT2D eigenvalue weighted by Crippen LogP contribution is 2.25. The number of halogens is 1. The Labute approximate surface area is 211 Å². The van der Waals surface area contributed by atoms with Crippen LogP contribution in [0.1, 0.15) is 25.8 Å². The van der Waals surface area contributed by atoms with Crippen molar-refractivity contribution < 1.29 is 22.4 Å². The predicted octanol–water partition coefficient (Wildman–Crippen LogP) is 3.96. The van der Waals surface area contributed by atoms with Crippen LogP contribution < -0.4 is 9.62 Å². The molecule has 36 heavy (non-hydrogen) atoms. The van der Waals surface area contributed by atoms with Crippen molar-refractivity contribution >= 4 is 27.5 Å². The van der Waals surface area contributed by atoms with Gasteiger partial charge in [-0.25, -0.2) is 12.8 Å². The monoisotopic (exact) mass is 511 g/mol. The summed E-state index contributed by atoms with van der Waals surface area (Å²) >= 11 is 0. The summed E-state index contributed by atoms with van der Waals surface area (Å²) in [6.07, 6.45) is 0.340. The van der Waals surface area contributed by atoms with Gasteiger partial charge in [-0.15, -0.1) is 0 Å². The minimum atomic E-state index is -4.17. The summed E-state index contributed by atoms with van der Waals surface area (Å²) < 4.78 is 41.8. The lowest BCUT2D eigenvalue weighted by Gasteiger charge is -2.33. The average Bonchev–Trinajstić information content (AvgIpc) is 2.89. The molecule has 0 saturated heterocycles. The fourth-order valence-corrected chi connectivity index (χ4v) is 5.28. The van der Waals surface area contributed by atoms with E-state index in [0.717, 1.165) is 22.0 Å². The maximum atomic E-state index is 13.8. The zero-order chi connectivity index (χ0) is 26.1. The van der Waals surface area contributed by atoms with Gasteiger partial charge in [-0.05, 0) is 55.3 Å². The summed E-state index contributed by atoms with van der Waals surface area (Å²) in [5, 5.41) is 2.76. The van der Waals surface area contributed by atoms with E-state index in [-0.39, 0.29) is 23.0 Å². The first-order valence-corrected chi connectivity index (χ1v) is 13.2. The van der Waals surface area contributed by atoms with Gasteiger partial charge in [-0.2, -0.15) is 0 Å². The van der Waals surface area contributed by atoms with Crippen molar-refractivity contribution in [1.82, 2.24) is 10.2 Å². The van der Waals surface area contributed by atoms with Crippen LogP contribution in [0.4, 0.5) is 10.1 Å². The van der Waals surface area contributed by atoms with Gasteiger partial charge in [0.05, 0.1) is 10.6 Å². The number of carbonyl (C=O) groups is 2. The number of amides is 2. The highest BCUT2D eigenvalue weighted by atomic mass is 32.2. The lowest BCUT2D eigenvalue weighted by Crippen LogP contribution is -2.52. The molecule has 0 spiro atoms. The van der Waals surface area contributed by atoms with Crippen LogP contribution in [-0.2, 0) is 26.2 Å². The van der Waals surface area contributed by atoms with Crippen molar-refractivity contribution in [2.75, 3.05) is 17.4 Å². The average molecular weight is 512 g/mol. The van der Waals surface area contributed by atoms with Gasteiger partial charge < -0.3 is 10.2 Å². The summed E-state index contributed by atoms with van der Waals surface area (Å²) in [7, 11) is -4.17. The van der Waals surface area contributed by atoms with Crippen LogP contribution in [0.3, 0.4) is 0 Å². The minimum absolute atomic E-state index is 0.00694. The molecule has 7 nitrogen and oxygen atoms in total. The summed E-state index contributed by atoms with van der Waals surface area (Å²) in [4.78, 5) is 28.0. The molecule has 3 rings (SSSR count). The fraction of sp³-hybridized carbons (Fsp3) is 0.259. The number of hydrogen-bond acceptors (Lipinski definition) is 4. The van der Waals surface area contributed by atoms with E-state index in [1.54, 1.807) is 32.0 Å². The molecule has 3 aromatic carbocycles. The summed E-state index contributed by atoms with van der Waals surface area (Å²) in [6, 6.07) is 21.0. The number of nitrogens with zero attached hydrogens (tertiary/aromatic N) is 2. The normalized spacial score (nSPS) is 12.0. The molecule has 0 bridgehead atoms. The smallest absolute Gasteiger partial charge is 0.264 e. The van der Waals surface area contributed by atoms with Gasteiger partial charge in [-0.3, -0.25) is 13.9 Å². The molecule has 0 aliphatic carbocycles. The second kappa shape index (κ2) is 12.3. The van der Waals surface area contributed by atoms with Crippen LogP contribution >= 0.6 is 0 Å². The molecular formula is C27H30FN3O4S. The quantitative estimate of drug-likeness (QED) is 0.422. The topological polar surface area (TPSA) is 86.8 Å². The number of benzene rings is 3. The van der Waals surface area contributed by atoms with E-state index < -0.39 is 34.3 Å². The number of rotatable bonds is 11. The molecule has 9 heteroatoms. The van der Waals surface area contributed by atoms with Gasteiger partial charge in [0.25, 0.3) is 10.0 Å². The van der Waals surface area contributed by atoms with Crippen molar-refractivity contribution in [1.29, 1.82) is 0 Å². The van der Waals surface area contributed by atoms with Crippen LogP contribution in [0.25, 0.3) is 0 Å². The third kappa shape index (κ3) is 6.48. The highest BCUT2D eigenvalue weighted by Gasteiger charge is 2.33. The molecule has 1 N–H and O–H groups in total. The van der Waals surface area contributed by atoms with E-state index >= 15 is 0 Å². The van der Waals surface area contributed by atoms with Crippen LogP contribution in [0, 0.1) is 5.82 Å². The minimum Gasteiger partial charge on any atom is -0.355 e. The van der Waals surface area contributed by atoms with E-state index in [2.05, 4.69) is 5.32 Å². The molecule has 0 aliphatic rings. The molecule has 0 aromatic heterocycles. The lowest BCUT2D eigenvalue weighted by molar-refractivity contribution is -0.140. The fourth-order valence-electron chi connectivity index (χ4n) is 3.85. The molecule has 3 aromatic rings. The Kier molecular flexibility index (Phi) is 9.19. The molecule has 2 amide bonds. The molecule has 0 saturated carbocycles. The van der Waals surface area contributed by atoms with Crippen molar-refractivity contribution in [2.24, 2.45) is 0 Å². The van der Waals surface area contributed by atoms with Crippen molar-refractivity contribution in [3.8, 4) is 0 Å². The first-order chi connectivity index (χ1) is 17.3. The highest BCUT2D eigenvalue weighted by molar-refractivity contribution is 7.92. The van der Waals surface area contributed by atoms with E-state index in [1.807, 2.05) is 30.3 Å². The first-order valence-electron chi connectivity index (χ1n) is 11.7. The Morgan fingerprint density at radius 1 is 0.889 bits per heavy atom. The SMILES string of the molecule is CCNC(=O)[C@H](CC)N(Cc1ccccc1)C(=O)CN(c1ccc(F)cc1)S(=O)(=O)c1ccccc1. The number of sulfonamides is 1. The molecule has 0 radical (unpaired) electrons. The van der Waals surface area contributed by atoms with Crippen molar-refractivity contribution in [3.05, 3.63) is 96.3 Å². The number of hydrogen-bond donors (Lipinski definition) is 1. The zero-order valence-corrected chi connectivity index (χ0v) is 21.1. The van der Waals surface area contributed by atoms with Crippen LogP contribution in [0.2, 0.25) is 0 Å². The number of likely N-dealkylation sites (N-methyl/N-ethyl adjacent to an activating group) is 1. The van der Waals surface area contributed by atoms with Crippen LogP contribution in [0.15, 0.2) is 89.8 Å². The third-order valence-corrected chi connectivity index (χ3v) is 7.45. The van der Waals surface area contributed by atoms with E-state index in [0.29, 0.717) is 13.0 Å². The van der Waals surface area contributed by atoms with Crippen molar-refractivity contribution in [2.45, 2.75) is 37.8 Å². The molecular weight excluding hydrogens is 481 g/mol. The summed E-state index contributed by atoms with van der Waals surface area (Å²) in [5.74, 6) is -1.40. The standard InChI is InChI=1S/C27H30FN3O4S/c1-3-25(27(33)29-4-2)30(19-21-11-7-5-8-12-21)26(32)20-31(23-17-15-22(28)16-18-23)36(34,35)24-13-9-6-10-14-24/h5-18,25H,3-4,19-20H2,1-2H3,(H,29,33)/t25-/m0/s1. The van der Waals surface area contributed by atoms with E-state index in [4.69, 9.17) is 0 Å². The Balaban J connectivity index is 2.03. The number of anilines is 1. The van der Waals surface area contributed by atoms with Gasteiger partial charge in [0, 0.05) is 13.1 Å². The Morgan fingerprint density at radius 2 is 1.47 bits per heavy atom. The van der Waals surface area contributed by atoms with Gasteiger partial charge >= 0.3 is 0 Å². The zero-order valence-electron chi connectivity index (χ0n) is 20.3. The predicted molar refractivity (Wildman–Crippen MR) is 137 cm³/mol.